The molecule has 1 heteroatoms. The van der Waals surface area contributed by atoms with Gasteiger partial charge in [-0.25, -0.2) is 0 Å². The Morgan fingerprint density at radius 1 is 0.812 bits per heavy atom. The van der Waals surface area contributed by atoms with Gasteiger partial charge in [-0.1, -0.05) is 48.0 Å². The number of benzene rings is 2. The standard InChI is InChI=1S/C15H16.H2O/c1-11-9-12(2)13(3)15(10-11)14-7-5-4-6-8-14;/h4-10H,1-3H3;1H2. The Labute approximate surface area is 97.1 Å². The van der Waals surface area contributed by atoms with E-state index >= 15 is 0 Å². The summed E-state index contributed by atoms with van der Waals surface area (Å²) in [6.45, 7) is 6.52. The van der Waals surface area contributed by atoms with Gasteiger partial charge >= 0.3 is 0 Å². The number of aryl methyl sites for hydroxylation is 2. The normalized spacial score (nSPS) is 9.69. The van der Waals surface area contributed by atoms with E-state index in [0.717, 1.165) is 0 Å². The van der Waals surface area contributed by atoms with Crippen molar-refractivity contribution in [2.75, 3.05) is 0 Å². The molecule has 0 spiro atoms. The molecule has 2 rings (SSSR count). The highest BCUT2D eigenvalue weighted by Gasteiger charge is 2.04. The van der Waals surface area contributed by atoms with Crippen molar-refractivity contribution in [2.24, 2.45) is 0 Å². The molecule has 0 aliphatic rings. The van der Waals surface area contributed by atoms with Crippen molar-refractivity contribution >= 4 is 0 Å². The predicted octanol–water partition coefficient (Wildman–Crippen LogP) is 3.45. The molecule has 16 heavy (non-hydrogen) atoms. The molecule has 0 heterocycles. The van der Waals surface area contributed by atoms with Crippen LogP contribution in [-0.2, 0) is 0 Å². The summed E-state index contributed by atoms with van der Waals surface area (Å²) in [6, 6.07) is 15.1. The van der Waals surface area contributed by atoms with Gasteiger partial charge in [0.15, 0.2) is 0 Å². The average Bonchev–Trinajstić information content (AvgIpc) is 2.24. The molecule has 1 nitrogen and oxygen atoms in total. The van der Waals surface area contributed by atoms with Crippen molar-refractivity contribution in [3.63, 3.8) is 0 Å². The Morgan fingerprint density at radius 3 is 2.06 bits per heavy atom. The minimum atomic E-state index is 0. The molecule has 0 aromatic heterocycles. The van der Waals surface area contributed by atoms with E-state index in [2.05, 4.69) is 63.2 Å². The molecular weight excluding hydrogens is 196 g/mol. The van der Waals surface area contributed by atoms with Crippen LogP contribution in [0.2, 0.25) is 0 Å². The third-order valence-electron chi connectivity index (χ3n) is 2.90. The predicted molar refractivity (Wildman–Crippen MR) is 69.7 cm³/mol. The van der Waals surface area contributed by atoms with Crippen LogP contribution in [0.25, 0.3) is 11.1 Å². The maximum absolute atomic E-state index is 2.26. The van der Waals surface area contributed by atoms with Gasteiger partial charge in [0.2, 0.25) is 0 Å². The summed E-state index contributed by atoms with van der Waals surface area (Å²) in [7, 11) is 0. The first-order valence-electron chi connectivity index (χ1n) is 5.32. The third kappa shape index (κ3) is 2.31. The zero-order valence-corrected chi connectivity index (χ0v) is 10.0. The highest BCUT2D eigenvalue weighted by atomic mass is 16.0. The molecule has 2 aromatic rings. The topological polar surface area (TPSA) is 31.5 Å². The van der Waals surface area contributed by atoms with Gasteiger partial charge in [0, 0.05) is 0 Å². The highest BCUT2D eigenvalue weighted by Crippen LogP contribution is 2.26. The van der Waals surface area contributed by atoms with Crippen molar-refractivity contribution in [3.05, 3.63) is 59.2 Å². The lowest BCUT2D eigenvalue weighted by Gasteiger charge is -2.10. The molecule has 0 radical (unpaired) electrons. The Balaban J connectivity index is 0.00000128. The maximum atomic E-state index is 2.26. The first-order chi connectivity index (χ1) is 7.18. The third-order valence-corrected chi connectivity index (χ3v) is 2.90. The van der Waals surface area contributed by atoms with Crippen molar-refractivity contribution < 1.29 is 5.48 Å². The van der Waals surface area contributed by atoms with Gasteiger partial charge in [-0.15, -0.1) is 0 Å². The van der Waals surface area contributed by atoms with Gasteiger partial charge < -0.3 is 5.48 Å². The number of hydrogen-bond acceptors (Lipinski definition) is 0. The summed E-state index contributed by atoms with van der Waals surface area (Å²) in [5.41, 5.74) is 6.74. The average molecular weight is 214 g/mol. The van der Waals surface area contributed by atoms with Crippen LogP contribution in [0, 0.1) is 20.8 Å². The summed E-state index contributed by atoms with van der Waals surface area (Å²) in [6.07, 6.45) is 0. The van der Waals surface area contributed by atoms with E-state index in [1.165, 1.54) is 27.8 Å². The van der Waals surface area contributed by atoms with Crippen molar-refractivity contribution in [1.82, 2.24) is 0 Å². The lowest BCUT2D eigenvalue weighted by molar-refractivity contribution is 0.824. The minimum absolute atomic E-state index is 0. The maximum Gasteiger partial charge on any atom is -0.0149 e. The molecule has 0 amide bonds. The molecule has 0 aliphatic carbocycles. The summed E-state index contributed by atoms with van der Waals surface area (Å²) in [5.74, 6) is 0. The molecule has 2 N–H and O–H groups in total. The van der Waals surface area contributed by atoms with E-state index in [1.807, 2.05) is 0 Å². The lowest BCUT2D eigenvalue weighted by atomic mass is 9.95. The molecule has 0 saturated carbocycles. The van der Waals surface area contributed by atoms with Crippen LogP contribution < -0.4 is 0 Å². The van der Waals surface area contributed by atoms with Gasteiger partial charge in [0.1, 0.15) is 0 Å². The smallest absolute Gasteiger partial charge is 0.0149 e. The Bertz CT molecular complexity index is 472. The van der Waals surface area contributed by atoms with Crippen molar-refractivity contribution in [1.29, 1.82) is 0 Å². The zero-order valence-electron chi connectivity index (χ0n) is 10.0. The van der Waals surface area contributed by atoms with Crippen LogP contribution in [0.5, 0.6) is 0 Å². The van der Waals surface area contributed by atoms with Crippen LogP contribution in [0.4, 0.5) is 0 Å². The van der Waals surface area contributed by atoms with Crippen LogP contribution in [0.3, 0.4) is 0 Å². The van der Waals surface area contributed by atoms with Gasteiger partial charge in [-0.3, -0.25) is 0 Å². The highest BCUT2D eigenvalue weighted by molar-refractivity contribution is 5.69. The molecule has 0 aliphatic heterocycles. The fourth-order valence-electron chi connectivity index (χ4n) is 1.96. The molecule has 0 saturated heterocycles. The quantitative estimate of drug-likeness (QED) is 0.696. The van der Waals surface area contributed by atoms with E-state index in [9.17, 15) is 0 Å². The van der Waals surface area contributed by atoms with Gasteiger partial charge in [-0.05, 0) is 43.0 Å². The monoisotopic (exact) mass is 214 g/mol. The van der Waals surface area contributed by atoms with Crippen LogP contribution >= 0.6 is 0 Å². The summed E-state index contributed by atoms with van der Waals surface area (Å²) in [5, 5.41) is 0. The first-order valence-corrected chi connectivity index (χ1v) is 5.32. The lowest BCUT2D eigenvalue weighted by Crippen LogP contribution is -1.89. The Kier molecular flexibility index (Phi) is 3.86. The SMILES string of the molecule is Cc1cc(C)c(C)c(-c2ccccc2)c1.O. The molecule has 0 atom stereocenters. The number of hydrogen-bond donors (Lipinski definition) is 0. The van der Waals surface area contributed by atoms with Crippen molar-refractivity contribution in [2.45, 2.75) is 20.8 Å². The van der Waals surface area contributed by atoms with Gasteiger partial charge in [0.05, 0.1) is 0 Å². The molecule has 0 fully saturated rings. The second-order valence-electron chi connectivity index (χ2n) is 4.12. The van der Waals surface area contributed by atoms with Gasteiger partial charge in [-0.2, -0.15) is 0 Å². The summed E-state index contributed by atoms with van der Waals surface area (Å²) in [4.78, 5) is 0. The zero-order chi connectivity index (χ0) is 10.8. The molecule has 0 bridgehead atoms. The van der Waals surface area contributed by atoms with Crippen molar-refractivity contribution in [3.8, 4) is 11.1 Å². The van der Waals surface area contributed by atoms with E-state index in [1.54, 1.807) is 0 Å². The molecule has 0 unspecified atom stereocenters. The fourth-order valence-corrected chi connectivity index (χ4v) is 1.96. The summed E-state index contributed by atoms with van der Waals surface area (Å²) >= 11 is 0. The first kappa shape index (κ1) is 12.5. The Hall–Kier alpha value is -1.60. The van der Waals surface area contributed by atoms with E-state index in [-0.39, 0.29) is 5.48 Å². The van der Waals surface area contributed by atoms with Crippen LogP contribution in [-0.4, -0.2) is 5.48 Å². The van der Waals surface area contributed by atoms with E-state index < -0.39 is 0 Å². The van der Waals surface area contributed by atoms with Crippen LogP contribution in [0.15, 0.2) is 42.5 Å². The van der Waals surface area contributed by atoms with E-state index in [4.69, 9.17) is 0 Å². The molecule has 2 aromatic carbocycles. The fraction of sp³-hybridized carbons (Fsp3) is 0.200. The molecule has 84 valence electrons. The number of rotatable bonds is 1. The largest absolute Gasteiger partial charge is 0.412 e. The second-order valence-corrected chi connectivity index (χ2v) is 4.12. The minimum Gasteiger partial charge on any atom is -0.412 e. The molecular formula is C15H18O. The van der Waals surface area contributed by atoms with Gasteiger partial charge in [0.25, 0.3) is 0 Å². The van der Waals surface area contributed by atoms with Crippen LogP contribution in [0.1, 0.15) is 16.7 Å². The summed E-state index contributed by atoms with van der Waals surface area (Å²) < 4.78 is 0. The Morgan fingerprint density at radius 2 is 1.44 bits per heavy atom. The van der Waals surface area contributed by atoms with E-state index in [0.29, 0.717) is 0 Å². The second kappa shape index (κ2) is 4.95.